The minimum atomic E-state index is -4.67. The molecule has 0 radical (unpaired) electrons. The topological polar surface area (TPSA) is 109 Å². The lowest BCUT2D eigenvalue weighted by Crippen LogP contribution is -2.49. The van der Waals surface area contributed by atoms with Gasteiger partial charge in [-0.1, -0.05) is 0 Å². The Kier molecular flexibility index (Phi) is 7.49. The zero-order valence-electron chi connectivity index (χ0n) is 18.4. The Balaban J connectivity index is 1.73. The maximum Gasteiger partial charge on any atom is 0.417 e. The highest BCUT2D eigenvalue weighted by Gasteiger charge is 2.51. The highest BCUT2D eigenvalue weighted by Crippen LogP contribution is 2.46. The van der Waals surface area contributed by atoms with Crippen LogP contribution >= 0.6 is 0 Å². The molecular formula is C22H27F3N4O4. The van der Waals surface area contributed by atoms with Crippen LogP contribution in [0, 0.1) is 22.7 Å². The molecule has 1 spiro atoms. The third kappa shape index (κ3) is 5.39. The van der Waals surface area contributed by atoms with Crippen molar-refractivity contribution in [3.05, 3.63) is 29.3 Å². The molecule has 1 aromatic rings. The average Bonchev–Trinajstić information content (AvgIpc) is 3.15. The standard InChI is InChI=1S/C22H27F3N4O4/c1-32-8-9-33-13-19(30)28-6-4-21(5-7-28)14-29(12-18(21)20(27)31)16-3-2-15(11-26)17(10-16)22(23,24)25/h2-3,10,18H,4-9,12-14H2,1H3,(H2,27,31). The van der Waals surface area contributed by atoms with Crippen molar-refractivity contribution in [1.29, 1.82) is 5.26 Å². The van der Waals surface area contributed by atoms with Gasteiger partial charge in [-0.2, -0.15) is 18.4 Å². The summed E-state index contributed by atoms with van der Waals surface area (Å²) >= 11 is 0. The monoisotopic (exact) mass is 468 g/mol. The molecule has 1 atom stereocenters. The number of piperidine rings is 1. The summed E-state index contributed by atoms with van der Waals surface area (Å²) in [5.41, 5.74) is 3.97. The number of ether oxygens (including phenoxy) is 2. The second-order valence-electron chi connectivity index (χ2n) is 8.46. The van der Waals surface area contributed by atoms with E-state index in [0.29, 0.717) is 45.7 Å². The number of hydrogen-bond acceptors (Lipinski definition) is 6. The van der Waals surface area contributed by atoms with Crippen molar-refractivity contribution >= 4 is 17.5 Å². The number of primary amides is 1. The maximum atomic E-state index is 13.4. The predicted octanol–water partition coefficient (Wildman–Crippen LogP) is 1.77. The number of anilines is 1. The first-order valence-electron chi connectivity index (χ1n) is 10.6. The number of alkyl halides is 3. The van der Waals surface area contributed by atoms with Gasteiger partial charge in [0.2, 0.25) is 11.8 Å². The second-order valence-corrected chi connectivity index (χ2v) is 8.46. The molecule has 2 aliphatic heterocycles. The van der Waals surface area contributed by atoms with Crippen molar-refractivity contribution in [1.82, 2.24) is 4.90 Å². The molecule has 2 aliphatic rings. The molecule has 2 fully saturated rings. The Morgan fingerprint density at radius 1 is 1.27 bits per heavy atom. The fraction of sp³-hybridized carbons (Fsp3) is 0.591. The van der Waals surface area contributed by atoms with Gasteiger partial charge in [-0.05, 0) is 31.0 Å². The van der Waals surface area contributed by atoms with Crippen LogP contribution in [-0.4, -0.2) is 69.8 Å². The third-order valence-electron chi connectivity index (χ3n) is 6.55. The van der Waals surface area contributed by atoms with Crippen molar-refractivity contribution in [2.24, 2.45) is 17.1 Å². The first-order valence-corrected chi connectivity index (χ1v) is 10.6. The minimum Gasteiger partial charge on any atom is -0.382 e. The number of halogens is 3. The minimum absolute atomic E-state index is 0.0623. The molecule has 0 bridgehead atoms. The molecule has 33 heavy (non-hydrogen) atoms. The van der Waals surface area contributed by atoms with Gasteiger partial charge in [-0.25, -0.2) is 0 Å². The van der Waals surface area contributed by atoms with Gasteiger partial charge in [0.1, 0.15) is 6.61 Å². The van der Waals surface area contributed by atoms with Crippen LogP contribution in [0.15, 0.2) is 18.2 Å². The molecule has 1 unspecified atom stereocenters. The lowest BCUT2D eigenvalue weighted by molar-refractivity contribution is -0.140. The molecule has 0 aromatic heterocycles. The lowest BCUT2D eigenvalue weighted by atomic mass is 9.70. The van der Waals surface area contributed by atoms with Crippen LogP contribution in [0.4, 0.5) is 18.9 Å². The summed E-state index contributed by atoms with van der Waals surface area (Å²) in [5, 5.41) is 9.03. The van der Waals surface area contributed by atoms with Gasteiger partial charge in [0.15, 0.2) is 0 Å². The summed E-state index contributed by atoms with van der Waals surface area (Å²) < 4.78 is 50.4. The number of likely N-dealkylation sites (tertiary alicyclic amines) is 1. The van der Waals surface area contributed by atoms with Crippen molar-refractivity contribution in [3.63, 3.8) is 0 Å². The largest absolute Gasteiger partial charge is 0.417 e. The Bertz CT molecular complexity index is 923. The summed E-state index contributed by atoms with van der Waals surface area (Å²) in [6, 6.07) is 5.13. The average molecular weight is 468 g/mol. The van der Waals surface area contributed by atoms with Crippen molar-refractivity contribution in [3.8, 4) is 6.07 Å². The number of methoxy groups -OCH3 is 1. The predicted molar refractivity (Wildman–Crippen MR) is 112 cm³/mol. The van der Waals surface area contributed by atoms with E-state index in [1.165, 1.54) is 13.2 Å². The molecule has 3 rings (SSSR count). The Hall–Kier alpha value is -2.84. The maximum absolute atomic E-state index is 13.4. The van der Waals surface area contributed by atoms with E-state index in [4.69, 9.17) is 20.5 Å². The first-order chi connectivity index (χ1) is 15.6. The zero-order valence-corrected chi connectivity index (χ0v) is 18.4. The van der Waals surface area contributed by atoms with E-state index in [-0.39, 0.29) is 24.7 Å². The van der Waals surface area contributed by atoms with Gasteiger partial charge in [0.25, 0.3) is 0 Å². The number of rotatable bonds is 7. The van der Waals surface area contributed by atoms with E-state index in [1.54, 1.807) is 15.9 Å². The third-order valence-corrected chi connectivity index (χ3v) is 6.55. The summed E-state index contributed by atoms with van der Waals surface area (Å²) in [4.78, 5) is 28.0. The molecule has 2 N–H and O–H groups in total. The van der Waals surface area contributed by atoms with E-state index in [1.807, 2.05) is 0 Å². The van der Waals surface area contributed by atoms with Gasteiger partial charge in [-0.3, -0.25) is 9.59 Å². The second kappa shape index (κ2) is 9.97. The van der Waals surface area contributed by atoms with Crippen LogP contribution < -0.4 is 10.6 Å². The Morgan fingerprint density at radius 2 is 1.97 bits per heavy atom. The Morgan fingerprint density at radius 3 is 2.55 bits per heavy atom. The molecule has 0 saturated carbocycles. The summed E-state index contributed by atoms with van der Waals surface area (Å²) in [6.07, 6.45) is -3.66. The molecule has 8 nitrogen and oxygen atoms in total. The fourth-order valence-electron chi connectivity index (χ4n) is 4.72. The van der Waals surface area contributed by atoms with Crippen molar-refractivity contribution in [2.75, 3.05) is 58.0 Å². The van der Waals surface area contributed by atoms with E-state index >= 15 is 0 Å². The summed E-state index contributed by atoms with van der Waals surface area (Å²) in [7, 11) is 1.54. The van der Waals surface area contributed by atoms with Crippen LogP contribution in [0.3, 0.4) is 0 Å². The normalized spacial score (nSPS) is 20.2. The number of nitrogens with zero attached hydrogens (tertiary/aromatic N) is 3. The van der Waals surface area contributed by atoms with Gasteiger partial charge < -0.3 is 25.0 Å². The summed E-state index contributed by atoms with van der Waals surface area (Å²) in [6.45, 7) is 1.98. The molecule has 2 saturated heterocycles. The van der Waals surface area contributed by atoms with Gasteiger partial charge >= 0.3 is 6.18 Å². The lowest BCUT2D eigenvalue weighted by Gasteiger charge is -2.41. The van der Waals surface area contributed by atoms with Crippen LogP contribution in [-0.2, 0) is 25.2 Å². The molecule has 0 aliphatic carbocycles. The van der Waals surface area contributed by atoms with E-state index in [0.717, 1.165) is 12.1 Å². The van der Waals surface area contributed by atoms with Crippen molar-refractivity contribution in [2.45, 2.75) is 19.0 Å². The van der Waals surface area contributed by atoms with Gasteiger partial charge in [0.05, 0.1) is 36.3 Å². The van der Waals surface area contributed by atoms with E-state index < -0.39 is 34.5 Å². The molecule has 2 heterocycles. The zero-order chi connectivity index (χ0) is 24.2. The van der Waals surface area contributed by atoms with Crippen molar-refractivity contribution < 1.29 is 32.2 Å². The number of nitriles is 1. The van der Waals surface area contributed by atoms with Gasteiger partial charge in [-0.15, -0.1) is 0 Å². The quantitative estimate of drug-likeness (QED) is 0.611. The number of hydrogen-bond donors (Lipinski definition) is 1. The number of amides is 2. The molecule has 11 heteroatoms. The van der Waals surface area contributed by atoms with Crippen LogP contribution in [0.1, 0.15) is 24.0 Å². The number of carbonyl (C=O) groups is 2. The molecule has 2 amide bonds. The molecule has 1 aromatic carbocycles. The SMILES string of the molecule is COCCOCC(=O)N1CCC2(CC1)CN(c1ccc(C#N)c(C(F)(F)F)c1)CC2C(N)=O. The number of benzene rings is 1. The Labute approximate surface area is 190 Å². The molecular weight excluding hydrogens is 441 g/mol. The fourth-order valence-corrected chi connectivity index (χ4v) is 4.72. The van der Waals surface area contributed by atoms with Crippen LogP contribution in [0.2, 0.25) is 0 Å². The first kappa shape index (κ1) is 24.8. The highest BCUT2D eigenvalue weighted by molar-refractivity contribution is 5.80. The molecule has 180 valence electrons. The van der Waals surface area contributed by atoms with Gasteiger partial charge in [0, 0.05) is 44.4 Å². The van der Waals surface area contributed by atoms with Crippen LogP contribution in [0.5, 0.6) is 0 Å². The number of nitrogens with two attached hydrogens (primary N) is 1. The van der Waals surface area contributed by atoms with E-state index in [2.05, 4.69) is 0 Å². The number of carbonyl (C=O) groups excluding carboxylic acids is 2. The smallest absolute Gasteiger partial charge is 0.382 e. The van der Waals surface area contributed by atoms with E-state index in [9.17, 15) is 22.8 Å². The highest BCUT2D eigenvalue weighted by atomic mass is 19.4. The van der Waals surface area contributed by atoms with Crippen LogP contribution in [0.25, 0.3) is 0 Å². The summed E-state index contributed by atoms with van der Waals surface area (Å²) in [5.74, 6) is -1.23.